The minimum absolute atomic E-state index is 0.0222. The van der Waals surface area contributed by atoms with E-state index in [9.17, 15) is 9.18 Å². The van der Waals surface area contributed by atoms with Crippen molar-refractivity contribution < 1.29 is 13.9 Å². The Balaban J connectivity index is 1.74. The fraction of sp³-hybridized carbons (Fsp3) is 0.500. The normalized spacial score (nSPS) is 21.1. The summed E-state index contributed by atoms with van der Waals surface area (Å²) in [5, 5.41) is 8.37. The molecular weight excluding hydrogens is 305 g/mol. The van der Waals surface area contributed by atoms with Crippen molar-refractivity contribution in [3.8, 4) is 6.07 Å². The average Bonchev–Trinajstić information content (AvgIpc) is 2.63. The molecule has 2 rings (SSSR count). The largest absolute Gasteiger partial charge is 0.459 e. The van der Waals surface area contributed by atoms with Crippen LogP contribution < -0.4 is 0 Å². The number of benzene rings is 1. The van der Waals surface area contributed by atoms with Gasteiger partial charge in [0.1, 0.15) is 12.2 Å². The summed E-state index contributed by atoms with van der Waals surface area (Å²) in [7, 11) is 0. The van der Waals surface area contributed by atoms with Crippen LogP contribution in [-0.2, 0) is 11.2 Å². The quantitative estimate of drug-likeness (QED) is 0.537. The van der Waals surface area contributed by atoms with E-state index in [4.69, 9.17) is 10.00 Å². The molecule has 1 fully saturated rings. The molecule has 1 aliphatic carbocycles. The predicted molar refractivity (Wildman–Crippen MR) is 91.0 cm³/mol. The number of hydrogen-bond donors (Lipinski definition) is 0. The standard InChI is InChI=1S/C20H24FNO2/c1-2-15-6-10-17(11-7-15)20(23)24-19-12-8-16(9-13-19)4-3-5-18(21)14-22/h5-7,10-11,16,19H,2-4,8-9,12-13H2,1H3/t16-,19-. The summed E-state index contributed by atoms with van der Waals surface area (Å²) in [5.41, 5.74) is 1.81. The van der Waals surface area contributed by atoms with Gasteiger partial charge in [0.05, 0.1) is 5.56 Å². The molecule has 1 aliphatic rings. The Morgan fingerprint density at radius 3 is 2.54 bits per heavy atom. The van der Waals surface area contributed by atoms with Gasteiger partial charge in [0.2, 0.25) is 0 Å². The van der Waals surface area contributed by atoms with Crippen LogP contribution in [0.25, 0.3) is 0 Å². The lowest BCUT2D eigenvalue weighted by molar-refractivity contribution is 0.0162. The molecule has 1 saturated carbocycles. The van der Waals surface area contributed by atoms with Crippen molar-refractivity contribution in [1.82, 2.24) is 0 Å². The number of halogens is 1. The minimum atomic E-state index is -0.702. The third kappa shape index (κ3) is 5.49. The van der Waals surface area contributed by atoms with E-state index in [0.29, 0.717) is 17.9 Å². The van der Waals surface area contributed by atoms with Gasteiger partial charge < -0.3 is 4.74 Å². The van der Waals surface area contributed by atoms with Gasteiger partial charge in [0.15, 0.2) is 5.83 Å². The molecule has 24 heavy (non-hydrogen) atoms. The average molecular weight is 329 g/mol. The summed E-state index contributed by atoms with van der Waals surface area (Å²) in [5.74, 6) is -0.432. The molecule has 0 heterocycles. The number of rotatable bonds is 6. The van der Waals surface area contributed by atoms with E-state index in [1.54, 1.807) is 0 Å². The van der Waals surface area contributed by atoms with E-state index in [1.807, 2.05) is 24.3 Å². The SMILES string of the molecule is CCc1ccc(C(=O)O[C@H]2CC[C@H](CCC=C(F)C#N)CC2)cc1. The first-order valence-corrected chi connectivity index (χ1v) is 8.68. The molecule has 1 aromatic rings. The Morgan fingerprint density at radius 2 is 1.96 bits per heavy atom. The van der Waals surface area contributed by atoms with Crippen LogP contribution in [0.3, 0.4) is 0 Å². The molecule has 0 saturated heterocycles. The van der Waals surface area contributed by atoms with Crippen molar-refractivity contribution in [2.24, 2.45) is 5.92 Å². The zero-order valence-electron chi connectivity index (χ0n) is 14.1. The summed E-state index contributed by atoms with van der Waals surface area (Å²) in [6.07, 6.45) is 7.43. The van der Waals surface area contributed by atoms with Crippen LogP contribution in [0.2, 0.25) is 0 Å². The number of allylic oxidation sites excluding steroid dienone is 2. The number of esters is 1. The van der Waals surface area contributed by atoms with Crippen LogP contribution in [0.1, 0.15) is 61.4 Å². The minimum Gasteiger partial charge on any atom is -0.459 e. The highest BCUT2D eigenvalue weighted by Gasteiger charge is 2.24. The fourth-order valence-electron chi connectivity index (χ4n) is 3.13. The zero-order valence-corrected chi connectivity index (χ0v) is 14.1. The van der Waals surface area contributed by atoms with Gasteiger partial charge in [-0.1, -0.05) is 19.1 Å². The number of carbonyl (C=O) groups excluding carboxylic acids is 1. The second kappa shape index (κ2) is 9.22. The number of ether oxygens (including phenoxy) is 1. The van der Waals surface area contributed by atoms with Crippen LogP contribution in [0.15, 0.2) is 36.2 Å². The van der Waals surface area contributed by atoms with Gasteiger partial charge in [-0.15, -0.1) is 0 Å². The second-order valence-electron chi connectivity index (χ2n) is 6.34. The van der Waals surface area contributed by atoms with E-state index >= 15 is 0 Å². The van der Waals surface area contributed by atoms with Gasteiger partial charge in [-0.05, 0) is 74.6 Å². The maximum atomic E-state index is 12.7. The van der Waals surface area contributed by atoms with E-state index < -0.39 is 5.83 Å². The Bertz CT molecular complexity index is 608. The predicted octanol–water partition coefficient (Wildman–Crippen LogP) is 5.12. The number of hydrogen-bond acceptors (Lipinski definition) is 3. The van der Waals surface area contributed by atoms with Crippen molar-refractivity contribution in [3.05, 3.63) is 47.3 Å². The summed E-state index contributed by atoms with van der Waals surface area (Å²) in [6, 6.07) is 9.05. The highest BCUT2D eigenvalue weighted by molar-refractivity contribution is 5.89. The van der Waals surface area contributed by atoms with Crippen molar-refractivity contribution >= 4 is 5.97 Å². The maximum Gasteiger partial charge on any atom is 0.338 e. The molecule has 0 aromatic heterocycles. The van der Waals surface area contributed by atoms with Crippen LogP contribution in [-0.4, -0.2) is 12.1 Å². The first-order valence-electron chi connectivity index (χ1n) is 8.68. The van der Waals surface area contributed by atoms with Crippen molar-refractivity contribution in [3.63, 3.8) is 0 Å². The van der Waals surface area contributed by atoms with Gasteiger partial charge in [-0.25, -0.2) is 4.79 Å². The lowest BCUT2D eigenvalue weighted by Gasteiger charge is -2.28. The molecule has 0 N–H and O–H groups in total. The molecule has 4 heteroatoms. The molecule has 128 valence electrons. The molecular formula is C20H24FNO2. The second-order valence-corrected chi connectivity index (χ2v) is 6.34. The summed E-state index contributed by atoms with van der Waals surface area (Å²) in [4.78, 5) is 12.2. The van der Waals surface area contributed by atoms with Gasteiger partial charge in [-0.2, -0.15) is 9.65 Å². The summed E-state index contributed by atoms with van der Waals surface area (Å²) < 4.78 is 18.3. The molecule has 3 nitrogen and oxygen atoms in total. The van der Waals surface area contributed by atoms with Crippen molar-refractivity contribution in [2.75, 3.05) is 0 Å². The topological polar surface area (TPSA) is 50.1 Å². The van der Waals surface area contributed by atoms with Crippen LogP contribution in [0.5, 0.6) is 0 Å². The van der Waals surface area contributed by atoms with E-state index in [1.165, 1.54) is 17.7 Å². The number of carbonyl (C=O) groups is 1. The van der Waals surface area contributed by atoms with Gasteiger partial charge in [0.25, 0.3) is 0 Å². The lowest BCUT2D eigenvalue weighted by Crippen LogP contribution is -2.24. The third-order valence-corrected chi connectivity index (χ3v) is 4.67. The molecule has 0 radical (unpaired) electrons. The van der Waals surface area contributed by atoms with Crippen LogP contribution in [0.4, 0.5) is 4.39 Å². The molecule has 0 atom stereocenters. The highest BCUT2D eigenvalue weighted by Crippen LogP contribution is 2.30. The maximum absolute atomic E-state index is 12.7. The molecule has 0 bridgehead atoms. The molecule has 0 amide bonds. The first kappa shape index (κ1) is 18.2. The molecule has 0 unspecified atom stereocenters. The third-order valence-electron chi connectivity index (χ3n) is 4.67. The lowest BCUT2D eigenvalue weighted by atomic mass is 9.84. The van der Waals surface area contributed by atoms with Gasteiger partial charge >= 0.3 is 5.97 Å². The van der Waals surface area contributed by atoms with E-state index in [2.05, 4.69) is 6.92 Å². The fourth-order valence-corrected chi connectivity index (χ4v) is 3.13. The Hall–Kier alpha value is -2.15. The number of aryl methyl sites for hydroxylation is 1. The first-order chi connectivity index (χ1) is 11.6. The summed E-state index contributed by atoms with van der Waals surface area (Å²) in [6.45, 7) is 2.08. The van der Waals surface area contributed by atoms with Crippen molar-refractivity contribution in [1.29, 1.82) is 5.26 Å². The zero-order chi connectivity index (χ0) is 17.4. The smallest absolute Gasteiger partial charge is 0.338 e. The van der Waals surface area contributed by atoms with E-state index in [0.717, 1.165) is 38.5 Å². The Kier molecular flexibility index (Phi) is 6.99. The van der Waals surface area contributed by atoms with Crippen LogP contribution >= 0.6 is 0 Å². The van der Waals surface area contributed by atoms with Crippen LogP contribution in [0, 0.1) is 17.2 Å². The monoisotopic (exact) mass is 329 g/mol. The highest BCUT2D eigenvalue weighted by atomic mass is 19.1. The summed E-state index contributed by atoms with van der Waals surface area (Å²) >= 11 is 0. The van der Waals surface area contributed by atoms with Gasteiger partial charge in [0, 0.05) is 0 Å². The number of nitrogens with zero attached hydrogens (tertiary/aromatic N) is 1. The number of nitriles is 1. The van der Waals surface area contributed by atoms with Gasteiger partial charge in [-0.3, -0.25) is 0 Å². The van der Waals surface area contributed by atoms with E-state index in [-0.39, 0.29) is 12.1 Å². The van der Waals surface area contributed by atoms with Crippen molar-refractivity contribution in [2.45, 2.75) is 58.0 Å². The molecule has 0 aliphatic heterocycles. The Labute approximate surface area is 143 Å². The Morgan fingerprint density at radius 1 is 1.29 bits per heavy atom. The molecule has 1 aromatic carbocycles. The molecule has 0 spiro atoms.